The standard InChI is InChI=1S/C13H21NO2/c1-13(2,3)12(14)9-7-6-8-10(15-4)11(9)16-5/h6-8,12H,14H2,1-5H3/t12-/m0/s1. The first kappa shape index (κ1) is 12.8. The Hall–Kier alpha value is -1.22. The van der Waals surface area contributed by atoms with Gasteiger partial charge in [-0.1, -0.05) is 32.9 Å². The van der Waals surface area contributed by atoms with E-state index in [2.05, 4.69) is 20.8 Å². The van der Waals surface area contributed by atoms with Gasteiger partial charge in [-0.05, 0) is 11.5 Å². The van der Waals surface area contributed by atoms with Crippen molar-refractivity contribution in [3.63, 3.8) is 0 Å². The molecule has 0 spiro atoms. The van der Waals surface area contributed by atoms with Crippen LogP contribution in [-0.4, -0.2) is 14.2 Å². The topological polar surface area (TPSA) is 44.5 Å². The van der Waals surface area contributed by atoms with Crippen molar-refractivity contribution in [1.29, 1.82) is 0 Å². The van der Waals surface area contributed by atoms with Crippen molar-refractivity contribution < 1.29 is 9.47 Å². The number of para-hydroxylation sites is 1. The molecule has 0 unspecified atom stereocenters. The Kier molecular flexibility index (Phi) is 3.81. The summed E-state index contributed by atoms with van der Waals surface area (Å²) in [6.45, 7) is 6.32. The maximum atomic E-state index is 6.24. The molecule has 1 aromatic carbocycles. The van der Waals surface area contributed by atoms with Gasteiger partial charge in [0, 0.05) is 11.6 Å². The summed E-state index contributed by atoms with van der Waals surface area (Å²) >= 11 is 0. The first-order valence-corrected chi connectivity index (χ1v) is 5.38. The molecule has 0 aliphatic carbocycles. The zero-order valence-electron chi connectivity index (χ0n) is 10.7. The van der Waals surface area contributed by atoms with Gasteiger partial charge in [0.25, 0.3) is 0 Å². The number of ether oxygens (including phenoxy) is 2. The lowest BCUT2D eigenvalue weighted by Gasteiger charge is -2.29. The van der Waals surface area contributed by atoms with E-state index < -0.39 is 0 Å². The zero-order chi connectivity index (χ0) is 12.3. The van der Waals surface area contributed by atoms with Gasteiger partial charge in [0.15, 0.2) is 11.5 Å². The van der Waals surface area contributed by atoms with Crippen molar-refractivity contribution in [3.05, 3.63) is 23.8 Å². The van der Waals surface area contributed by atoms with Crippen molar-refractivity contribution in [2.45, 2.75) is 26.8 Å². The highest BCUT2D eigenvalue weighted by molar-refractivity contribution is 5.48. The van der Waals surface area contributed by atoms with Gasteiger partial charge in [0.05, 0.1) is 14.2 Å². The van der Waals surface area contributed by atoms with Crippen LogP contribution >= 0.6 is 0 Å². The van der Waals surface area contributed by atoms with Gasteiger partial charge in [-0.2, -0.15) is 0 Å². The molecule has 0 aromatic heterocycles. The third kappa shape index (κ3) is 2.47. The van der Waals surface area contributed by atoms with Crippen LogP contribution in [0.5, 0.6) is 11.5 Å². The van der Waals surface area contributed by atoms with E-state index in [1.165, 1.54) is 0 Å². The molecule has 0 heterocycles. The zero-order valence-corrected chi connectivity index (χ0v) is 10.7. The van der Waals surface area contributed by atoms with Gasteiger partial charge < -0.3 is 15.2 Å². The Morgan fingerprint density at radius 1 is 1.12 bits per heavy atom. The molecule has 0 aliphatic heterocycles. The average molecular weight is 223 g/mol. The van der Waals surface area contributed by atoms with Gasteiger partial charge in [-0.3, -0.25) is 0 Å². The number of hydrogen-bond acceptors (Lipinski definition) is 3. The Morgan fingerprint density at radius 3 is 2.19 bits per heavy atom. The summed E-state index contributed by atoms with van der Waals surface area (Å²) in [6.07, 6.45) is 0. The van der Waals surface area contributed by atoms with Crippen molar-refractivity contribution in [2.24, 2.45) is 11.1 Å². The largest absolute Gasteiger partial charge is 0.493 e. The van der Waals surface area contributed by atoms with Crippen LogP contribution in [0.15, 0.2) is 18.2 Å². The molecule has 16 heavy (non-hydrogen) atoms. The quantitative estimate of drug-likeness (QED) is 0.857. The molecular formula is C13H21NO2. The van der Waals surface area contributed by atoms with E-state index in [1.54, 1.807) is 14.2 Å². The summed E-state index contributed by atoms with van der Waals surface area (Å²) in [5, 5.41) is 0. The molecule has 0 amide bonds. The lowest BCUT2D eigenvalue weighted by Crippen LogP contribution is -2.26. The van der Waals surface area contributed by atoms with Crippen LogP contribution in [0, 0.1) is 5.41 Å². The Balaban J connectivity index is 3.23. The Morgan fingerprint density at radius 2 is 1.75 bits per heavy atom. The minimum Gasteiger partial charge on any atom is -0.493 e. The van der Waals surface area contributed by atoms with E-state index in [4.69, 9.17) is 15.2 Å². The van der Waals surface area contributed by atoms with Crippen molar-refractivity contribution in [3.8, 4) is 11.5 Å². The van der Waals surface area contributed by atoms with Crippen LogP contribution in [0.3, 0.4) is 0 Å². The van der Waals surface area contributed by atoms with E-state index in [-0.39, 0.29) is 11.5 Å². The predicted octanol–water partition coefficient (Wildman–Crippen LogP) is 2.75. The summed E-state index contributed by atoms with van der Waals surface area (Å²) < 4.78 is 10.6. The van der Waals surface area contributed by atoms with E-state index in [9.17, 15) is 0 Å². The van der Waals surface area contributed by atoms with E-state index >= 15 is 0 Å². The maximum absolute atomic E-state index is 6.24. The molecule has 0 saturated carbocycles. The summed E-state index contributed by atoms with van der Waals surface area (Å²) in [7, 11) is 3.26. The third-order valence-corrected chi connectivity index (χ3v) is 2.70. The van der Waals surface area contributed by atoms with Crippen molar-refractivity contribution in [1.82, 2.24) is 0 Å². The second kappa shape index (κ2) is 4.74. The summed E-state index contributed by atoms with van der Waals surface area (Å²) in [5.74, 6) is 1.45. The fraction of sp³-hybridized carbons (Fsp3) is 0.538. The lowest BCUT2D eigenvalue weighted by atomic mass is 9.82. The highest BCUT2D eigenvalue weighted by Gasteiger charge is 2.26. The number of methoxy groups -OCH3 is 2. The Labute approximate surface area is 97.6 Å². The maximum Gasteiger partial charge on any atom is 0.165 e. The van der Waals surface area contributed by atoms with Gasteiger partial charge in [0.1, 0.15) is 0 Å². The van der Waals surface area contributed by atoms with Gasteiger partial charge in [-0.25, -0.2) is 0 Å². The van der Waals surface area contributed by atoms with Crippen molar-refractivity contribution >= 4 is 0 Å². The van der Waals surface area contributed by atoms with Gasteiger partial charge in [-0.15, -0.1) is 0 Å². The highest BCUT2D eigenvalue weighted by atomic mass is 16.5. The summed E-state index contributed by atoms with van der Waals surface area (Å²) in [5.41, 5.74) is 7.20. The Bertz CT molecular complexity index is 355. The number of hydrogen-bond donors (Lipinski definition) is 1. The van der Waals surface area contributed by atoms with Gasteiger partial charge in [0.2, 0.25) is 0 Å². The molecule has 1 rings (SSSR count). The molecule has 0 radical (unpaired) electrons. The molecule has 1 atom stereocenters. The molecule has 0 bridgehead atoms. The third-order valence-electron chi connectivity index (χ3n) is 2.70. The lowest BCUT2D eigenvalue weighted by molar-refractivity contribution is 0.305. The molecule has 3 nitrogen and oxygen atoms in total. The summed E-state index contributed by atoms with van der Waals surface area (Å²) in [6, 6.07) is 5.70. The molecule has 2 N–H and O–H groups in total. The smallest absolute Gasteiger partial charge is 0.165 e. The van der Waals surface area contributed by atoms with Crippen LogP contribution in [0.1, 0.15) is 32.4 Å². The minimum absolute atomic E-state index is 0.0142. The second-order valence-electron chi connectivity index (χ2n) is 4.93. The van der Waals surface area contributed by atoms with Crippen LogP contribution in [0.2, 0.25) is 0 Å². The van der Waals surface area contributed by atoms with E-state index in [0.717, 1.165) is 17.1 Å². The normalized spacial score (nSPS) is 13.4. The van der Waals surface area contributed by atoms with E-state index in [0.29, 0.717) is 0 Å². The highest BCUT2D eigenvalue weighted by Crippen LogP contribution is 2.39. The van der Waals surface area contributed by atoms with Gasteiger partial charge >= 0.3 is 0 Å². The fourth-order valence-corrected chi connectivity index (χ4v) is 1.62. The number of nitrogens with two attached hydrogens (primary N) is 1. The molecule has 3 heteroatoms. The molecular weight excluding hydrogens is 202 g/mol. The second-order valence-corrected chi connectivity index (χ2v) is 4.93. The van der Waals surface area contributed by atoms with E-state index in [1.807, 2.05) is 18.2 Å². The van der Waals surface area contributed by atoms with Crippen LogP contribution in [-0.2, 0) is 0 Å². The van der Waals surface area contributed by atoms with Crippen LogP contribution < -0.4 is 15.2 Å². The molecule has 0 fully saturated rings. The average Bonchev–Trinajstić information content (AvgIpc) is 2.25. The SMILES string of the molecule is COc1cccc([C@H](N)C(C)(C)C)c1OC. The molecule has 90 valence electrons. The fourth-order valence-electron chi connectivity index (χ4n) is 1.62. The van der Waals surface area contributed by atoms with Crippen LogP contribution in [0.25, 0.3) is 0 Å². The monoisotopic (exact) mass is 223 g/mol. The van der Waals surface area contributed by atoms with Crippen molar-refractivity contribution in [2.75, 3.05) is 14.2 Å². The molecule has 0 aliphatic rings. The van der Waals surface area contributed by atoms with Crippen LogP contribution in [0.4, 0.5) is 0 Å². The number of rotatable bonds is 3. The molecule has 1 aromatic rings. The number of benzene rings is 1. The first-order valence-electron chi connectivity index (χ1n) is 5.38. The predicted molar refractivity (Wildman–Crippen MR) is 65.9 cm³/mol. The summed E-state index contributed by atoms with van der Waals surface area (Å²) in [4.78, 5) is 0. The first-order chi connectivity index (χ1) is 7.41. The molecule has 0 saturated heterocycles. The minimum atomic E-state index is -0.0856.